The molecule has 0 atom stereocenters. The minimum Gasteiger partial charge on any atom is -0.0776 e. The van der Waals surface area contributed by atoms with E-state index >= 15 is 0 Å². The maximum atomic E-state index is 2.18. The molecule has 2 aromatic rings. The zero-order valence-electron chi connectivity index (χ0n) is 9.96. The van der Waals surface area contributed by atoms with Crippen LogP contribution in [0.25, 0.3) is 10.8 Å². The number of fused-ring (bicyclic) bond motifs is 1. The molecule has 0 heterocycles. The van der Waals surface area contributed by atoms with Crippen LogP contribution in [0, 0.1) is 6.92 Å². The van der Waals surface area contributed by atoms with Gasteiger partial charge in [0.1, 0.15) is 0 Å². The van der Waals surface area contributed by atoms with Gasteiger partial charge >= 0.3 is 0 Å². The third-order valence-electron chi connectivity index (χ3n) is 2.51. The number of hydrogen-bond donors (Lipinski definition) is 0. The van der Waals surface area contributed by atoms with Gasteiger partial charge < -0.3 is 0 Å². The van der Waals surface area contributed by atoms with Gasteiger partial charge in [-0.1, -0.05) is 76.6 Å². The van der Waals surface area contributed by atoms with Gasteiger partial charge in [0.05, 0.1) is 0 Å². The highest BCUT2D eigenvalue weighted by Gasteiger charge is 1.92. The van der Waals surface area contributed by atoms with E-state index in [1.807, 2.05) is 0 Å². The Morgan fingerprint density at radius 3 is 1.94 bits per heavy atom. The van der Waals surface area contributed by atoms with Crippen molar-refractivity contribution >= 4 is 10.8 Å². The van der Waals surface area contributed by atoms with Gasteiger partial charge in [0, 0.05) is 0 Å². The molecule has 0 N–H and O–H groups in total. The summed E-state index contributed by atoms with van der Waals surface area (Å²) in [6, 6.07) is 14.8. The highest BCUT2D eigenvalue weighted by Crippen LogP contribution is 2.16. The summed E-state index contributed by atoms with van der Waals surface area (Å²) in [7, 11) is 0. The normalized spacial score (nSPS) is 8.94. The van der Waals surface area contributed by atoms with Gasteiger partial charge in [0.25, 0.3) is 0 Å². The van der Waals surface area contributed by atoms with Crippen LogP contribution < -0.4 is 0 Å². The molecular formula is C16H24. The molecule has 2 aromatic carbocycles. The van der Waals surface area contributed by atoms with Crippen LogP contribution in [0.15, 0.2) is 42.5 Å². The van der Waals surface area contributed by atoms with Crippen LogP contribution in [-0.4, -0.2) is 0 Å². The lowest BCUT2D eigenvalue weighted by Crippen LogP contribution is -1.75. The number of unbranched alkanes of at least 4 members (excludes halogenated alkanes) is 1. The van der Waals surface area contributed by atoms with Crippen LogP contribution in [0.3, 0.4) is 0 Å². The van der Waals surface area contributed by atoms with Gasteiger partial charge in [-0.15, -0.1) is 0 Å². The Bertz CT molecular complexity index is 394. The monoisotopic (exact) mass is 216 g/mol. The minimum absolute atomic E-state index is 0. The molecule has 0 aliphatic rings. The smallest absolute Gasteiger partial charge is 0.0155 e. The van der Waals surface area contributed by atoms with Gasteiger partial charge in [0.15, 0.2) is 0 Å². The Morgan fingerprint density at radius 2 is 1.38 bits per heavy atom. The lowest BCUT2D eigenvalue weighted by atomic mass is 10.1. The van der Waals surface area contributed by atoms with Crippen molar-refractivity contribution in [1.29, 1.82) is 0 Å². The summed E-state index contributed by atoms with van der Waals surface area (Å²) in [5.74, 6) is 0. The molecule has 0 saturated heterocycles. The highest BCUT2D eigenvalue weighted by atomic mass is 14.0. The third kappa shape index (κ3) is 4.06. The Labute approximate surface area is 100 Å². The van der Waals surface area contributed by atoms with Crippen molar-refractivity contribution in [2.24, 2.45) is 0 Å². The molecule has 0 aromatic heterocycles. The van der Waals surface area contributed by atoms with Crippen LogP contribution in [0.4, 0.5) is 0 Å². The van der Waals surface area contributed by atoms with Crippen LogP contribution in [-0.2, 0) is 0 Å². The first-order valence-electron chi connectivity index (χ1n) is 5.74. The summed E-state index contributed by atoms with van der Waals surface area (Å²) in [6.45, 7) is 6.50. The second-order valence-electron chi connectivity index (χ2n) is 3.80. The second-order valence-corrected chi connectivity index (χ2v) is 3.80. The van der Waals surface area contributed by atoms with Crippen molar-refractivity contribution in [3.63, 3.8) is 0 Å². The van der Waals surface area contributed by atoms with E-state index < -0.39 is 0 Å². The van der Waals surface area contributed by atoms with Gasteiger partial charge in [-0.3, -0.25) is 0 Å². The molecule has 88 valence electrons. The lowest BCUT2D eigenvalue weighted by Gasteiger charge is -1.98. The maximum absolute atomic E-state index is 2.18. The van der Waals surface area contributed by atoms with Gasteiger partial charge in [-0.2, -0.15) is 0 Å². The van der Waals surface area contributed by atoms with Crippen molar-refractivity contribution in [3.05, 3.63) is 48.0 Å². The SMILES string of the molecule is C.CCCC.Cc1cccc2ccccc12. The fraction of sp³-hybridized carbons (Fsp3) is 0.375. The topological polar surface area (TPSA) is 0 Å². The van der Waals surface area contributed by atoms with Crippen molar-refractivity contribution in [2.75, 3.05) is 0 Å². The first-order valence-corrected chi connectivity index (χ1v) is 5.74. The molecule has 0 unspecified atom stereocenters. The van der Waals surface area contributed by atoms with E-state index in [0.29, 0.717) is 0 Å². The second kappa shape index (κ2) is 7.92. The Kier molecular flexibility index (Phi) is 7.28. The van der Waals surface area contributed by atoms with Crippen LogP contribution >= 0.6 is 0 Å². The standard InChI is InChI=1S/C11H10.C4H10.CH4/c1-9-5-4-7-10-6-2-3-8-11(9)10;1-3-4-2;/h2-8H,1H3;3-4H2,1-2H3;1H4. The molecule has 2 rings (SSSR count). The summed E-state index contributed by atoms with van der Waals surface area (Å²) in [4.78, 5) is 0. The van der Waals surface area contributed by atoms with Crippen molar-refractivity contribution in [1.82, 2.24) is 0 Å². The Hall–Kier alpha value is -1.30. The highest BCUT2D eigenvalue weighted by molar-refractivity contribution is 5.85. The van der Waals surface area contributed by atoms with Crippen molar-refractivity contribution in [3.8, 4) is 0 Å². The maximum Gasteiger partial charge on any atom is -0.0155 e. The van der Waals surface area contributed by atoms with E-state index in [1.165, 1.54) is 29.2 Å². The number of hydrogen-bond acceptors (Lipinski definition) is 0. The predicted molar refractivity (Wildman–Crippen MR) is 76.0 cm³/mol. The first kappa shape index (κ1) is 14.7. The molecule has 0 spiro atoms. The van der Waals surface area contributed by atoms with Gasteiger partial charge in [-0.25, -0.2) is 0 Å². The van der Waals surface area contributed by atoms with Crippen LogP contribution in [0.5, 0.6) is 0 Å². The fourth-order valence-corrected chi connectivity index (χ4v) is 1.39. The first-order chi connectivity index (χ1) is 7.29. The molecule has 0 radical (unpaired) electrons. The van der Waals surface area contributed by atoms with Gasteiger partial charge in [0.2, 0.25) is 0 Å². The number of aryl methyl sites for hydroxylation is 1. The third-order valence-corrected chi connectivity index (χ3v) is 2.51. The van der Waals surface area contributed by atoms with Crippen molar-refractivity contribution < 1.29 is 0 Å². The van der Waals surface area contributed by atoms with E-state index in [9.17, 15) is 0 Å². The zero-order valence-corrected chi connectivity index (χ0v) is 9.96. The molecule has 0 aliphatic carbocycles. The summed E-state index contributed by atoms with van der Waals surface area (Å²) in [5, 5.41) is 2.68. The molecule has 0 aliphatic heterocycles. The van der Waals surface area contributed by atoms with Crippen molar-refractivity contribution in [2.45, 2.75) is 41.0 Å². The lowest BCUT2D eigenvalue weighted by molar-refractivity contribution is 0.886. The van der Waals surface area contributed by atoms with Crippen LogP contribution in [0.2, 0.25) is 0 Å². The molecule has 0 saturated carbocycles. The minimum atomic E-state index is 0. The molecule has 0 heteroatoms. The Balaban J connectivity index is 0.000000397. The van der Waals surface area contributed by atoms with Crippen LogP contribution in [0.1, 0.15) is 39.7 Å². The summed E-state index contributed by atoms with van der Waals surface area (Å²) in [5.41, 5.74) is 1.35. The molecule has 0 nitrogen and oxygen atoms in total. The van der Waals surface area contributed by atoms with E-state index in [0.717, 1.165) is 0 Å². The molecule has 0 bridgehead atoms. The number of benzene rings is 2. The summed E-state index contributed by atoms with van der Waals surface area (Å²) in [6.07, 6.45) is 2.64. The predicted octanol–water partition coefficient (Wildman–Crippen LogP) is 5.59. The quantitative estimate of drug-likeness (QED) is 0.583. The zero-order chi connectivity index (χ0) is 11.1. The van der Waals surface area contributed by atoms with Gasteiger partial charge in [-0.05, 0) is 23.3 Å². The van der Waals surface area contributed by atoms with E-state index in [2.05, 4.69) is 63.2 Å². The number of rotatable bonds is 1. The molecule has 0 amide bonds. The Morgan fingerprint density at radius 1 is 0.812 bits per heavy atom. The van der Waals surface area contributed by atoms with E-state index in [4.69, 9.17) is 0 Å². The van der Waals surface area contributed by atoms with E-state index in [-0.39, 0.29) is 7.43 Å². The summed E-state index contributed by atoms with van der Waals surface area (Å²) >= 11 is 0. The largest absolute Gasteiger partial charge is 0.0776 e. The average molecular weight is 216 g/mol. The summed E-state index contributed by atoms with van der Waals surface area (Å²) < 4.78 is 0. The molecule has 0 fully saturated rings. The fourth-order valence-electron chi connectivity index (χ4n) is 1.39. The average Bonchev–Trinajstić information content (AvgIpc) is 2.30. The molecule has 16 heavy (non-hydrogen) atoms. The van der Waals surface area contributed by atoms with E-state index in [1.54, 1.807) is 0 Å². The molecular weight excluding hydrogens is 192 g/mol.